The molecule has 5 nitrogen and oxygen atoms in total. The summed E-state index contributed by atoms with van der Waals surface area (Å²) >= 11 is 0. The molecule has 3 N–H and O–H groups in total. The van der Waals surface area contributed by atoms with Gasteiger partial charge in [0, 0.05) is 11.1 Å². The van der Waals surface area contributed by atoms with Crippen LogP contribution in [0.5, 0.6) is 0 Å². The normalized spacial score (nSPS) is 20.1. The largest absolute Gasteiger partial charge is 0.325 e. The first-order valence-corrected chi connectivity index (χ1v) is 6.80. The number of rotatable bonds is 2. The molecule has 1 fully saturated rings. The van der Waals surface area contributed by atoms with Gasteiger partial charge < -0.3 is 10.6 Å². The molecule has 1 saturated heterocycles. The van der Waals surface area contributed by atoms with Crippen LogP contribution in [0.3, 0.4) is 0 Å². The fraction of sp³-hybridized carbons (Fsp3) is 0.429. The van der Waals surface area contributed by atoms with Gasteiger partial charge in [0.05, 0.1) is 17.8 Å². The predicted molar refractivity (Wildman–Crippen MR) is 75.0 cm³/mol. The average molecular weight is 258 g/mol. The summed E-state index contributed by atoms with van der Waals surface area (Å²) in [5.41, 5.74) is 1.80. The topological polar surface area (TPSA) is 69.8 Å². The van der Waals surface area contributed by atoms with E-state index in [-0.39, 0.29) is 11.9 Å². The van der Waals surface area contributed by atoms with Crippen molar-refractivity contribution in [1.29, 1.82) is 0 Å². The summed E-state index contributed by atoms with van der Waals surface area (Å²) in [6.45, 7) is 0.929. The molecule has 1 aliphatic rings. The summed E-state index contributed by atoms with van der Waals surface area (Å²) in [6, 6.07) is 5.70. The Morgan fingerprint density at radius 2 is 2.26 bits per heavy atom. The second kappa shape index (κ2) is 5.40. The highest BCUT2D eigenvalue weighted by Crippen LogP contribution is 2.17. The van der Waals surface area contributed by atoms with Crippen LogP contribution < -0.4 is 10.6 Å². The van der Waals surface area contributed by atoms with Crippen molar-refractivity contribution in [1.82, 2.24) is 15.5 Å². The van der Waals surface area contributed by atoms with Gasteiger partial charge in [-0.2, -0.15) is 5.10 Å². The van der Waals surface area contributed by atoms with E-state index in [1.54, 1.807) is 6.20 Å². The SMILES string of the molecule is O=C(Nc1ccc2[nH]ncc2c1)C1CCCCCN1. The molecule has 0 bridgehead atoms. The van der Waals surface area contributed by atoms with Gasteiger partial charge in [-0.15, -0.1) is 0 Å². The number of fused-ring (bicyclic) bond motifs is 1. The van der Waals surface area contributed by atoms with Gasteiger partial charge in [-0.3, -0.25) is 9.89 Å². The average Bonchev–Trinajstić information content (AvgIpc) is 2.71. The van der Waals surface area contributed by atoms with E-state index in [9.17, 15) is 4.79 Å². The Kier molecular flexibility index (Phi) is 3.46. The summed E-state index contributed by atoms with van der Waals surface area (Å²) in [6.07, 6.45) is 6.16. The molecule has 1 atom stereocenters. The Balaban J connectivity index is 1.70. The van der Waals surface area contributed by atoms with Crippen molar-refractivity contribution >= 4 is 22.5 Å². The zero-order valence-corrected chi connectivity index (χ0v) is 10.8. The van der Waals surface area contributed by atoms with E-state index in [4.69, 9.17) is 0 Å². The number of nitrogens with one attached hydrogen (secondary N) is 3. The maximum Gasteiger partial charge on any atom is 0.241 e. The van der Waals surface area contributed by atoms with E-state index in [2.05, 4.69) is 20.8 Å². The maximum absolute atomic E-state index is 12.2. The van der Waals surface area contributed by atoms with E-state index in [0.29, 0.717) is 0 Å². The molecule has 0 aliphatic carbocycles. The highest BCUT2D eigenvalue weighted by atomic mass is 16.2. The molecule has 0 saturated carbocycles. The molecule has 1 aromatic carbocycles. The molecular formula is C14H18N4O. The van der Waals surface area contributed by atoms with Gasteiger partial charge in [0.25, 0.3) is 0 Å². The van der Waals surface area contributed by atoms with Crippen molar-refractivity contribution in [3.63, 3.8) is 0 Å². The van der Waals surface area contributed by atoms with E-state index in [0.717, 1.165) is 42.4 Å². The number of carbonyl (C=O) groups is 1. The van der Waals surface area contributed by atoms with Gasteiger partial charge >= 0.3 is 0 Å². The Labute approximate surface area is 111 Å². The van der Waals surface area contributed by atoms with Crippen molar-refractivity contribution in [2.45, 2.75) is 31.7 Å². The summed E-state index contributed by atoms with van der Waals surface area (Å²) in [5.74, 6) is 0.0599. The highest BCUT2D eigenvalue weighted by Gasteiger charge is 2.19. The van der Waals surface area contributed by atoms with Crippen LogP contribution in [-0.4, -0.2) is 28.7 Å². The molecule has 1 unspecified atom stereocenters. The van der Waals surface area contributed by atoms with E-state index in [1.807, 2.05) is 18.2 Å². The van der Waals surface area contributed by atoms with Crippen LogP contribution in [0.25, 0.3) is 10.9 Å². The third-order valence-electron chi connectivity index (χ3n) is 3.58. The lowest BCUT2D eigenvalue weighted by atomic mass is 10.1. The number of hydrogen-bond acceptors (Lipinski definition) is 3. The smallest absolute Gasteiger partial charge is 0.241 e. The fourth-order valence-corrected chi connectivity index (χ4v) is 2.50. The molecule has 1 amide bonds. The number of carbonyl (C=O) groups excluding carboxylic acids is 1. The van der Waals surface area contributed by atoms with Gasteiger partial charge in [-0.05, 0) is 37.6 Å². The van der Waals surface area contributed by atoms with Crippen LogP contribution in [0.1, 0.15) is 25.7 Å². The zero-order chi connectivity index (χ0) is 13.1. The number of H-pyrrole nitrogens is 1. The molecule has 0 spiro atoms. The Morgan fingerprint density at radius 3 is 3.21 bits per heavy atom. The monoisotopic (exact) mass is 258 g/mol. The van der Waals surface area contributed by atoms with E-state index in [1.165, 1.54) is 6.42 Å². The lowest BCUT2D eigenvalue weighted by molar-refractivity contribution is -0.118. The highest BCUT2D eigenvalue weighted by molar-refractivity contribution is 5.96. The van der Waals surface area contributed by atoms with Crippen molar-refractivity contribution in [2.24, 2.45) is 0 Å². The van der Waals surface area contributed by atoms with Crippen molar-refractivity contribution < 1.29 is 4.79 Å². The lowest BCUT2D eigenvalue weighted by Crippen LogP contribution is -2.39. The molecule has 3 rings (SSSR count). The van der Waals surface area contributed by atoms with E-state index >= 15 is 0 Å². The number of nitrogens with zero attached hydrogens (tertiary/aromatic N) is 1. The Morgan fingerprint density at radius 1 is 1.32 bits per heavy atom. The first-order chi connectivity index (χ1) is 9.33. The van der Waals surface area contributed by atoms with Crippen molar-refractivity contribution in [3.05, 3.63) is 24.4 Å². The quantitative estimate of drug-likeness (QED) is 0.772. The third kappa shape index (κ3) is 2.76. The minimum Gasteiger partial charge on any atom is -0.325 e. The van der Waals surface area contributed by atoms with Gasteiger partial charge in [-0.1, -0.05) is 12.8 Å². The number of hydrogen-bond donors (Lipinski definition) is 3. The van der Waals surface area contributed by atoms with Crippen LogP contribution in [0.2, 0.25) is 0 Å². The molecule has 0 radical (unpaired) electrons. The summed E-state index contributed by atoms with van der Waals surface area (Å²) < 4.78 is 0. The van der Waals surface area contributed by atoms with E-state index < -0.39 is 0 Å². The lowest BCUT2D eigenvalue weighted by Gasteiger charge is -2.15. The molecule has 2 aromatic rings. The molecule has 5 heteroatoms. The molecule has 100 valence electrons. The minimum absolute atomic E-state index is 0.0599. The first-order valence-electron chi connectivity index (χ1n) is 6.80. The van der Waals surface area contributed by atoms with Crippen LogP contribution in [0.4, 0.5) is 5.69 Å². The summed E-state index contributed by atoms with van der Waals surface area (Å²) in [7, 11) is 0. The molecule has 1 aromatic heterocycles. The van der Waals surface area contributed by atoms with Gasteiger partial charge in [0.1, 0.15) is 0 Å². The minimum atomic E-state index is -0.0671. The standard InChI is InChI=1S/C14H18N4O/c19-14(13-4-2-1-3-7-15-13)17-11-5-6-12-10(8-11)9-16-18-12/h5-6,8-9,13,15H,1-4,7H2,(H,16,18)(H,17,19). The second-order valence-electron chi connectivity index (χ2n) is 5.02. The number of aromatic amines is 1. The van der Waals surface area contributed by atoms with Crippen LogP contribution in [0.15, 0.2) is 24.4 Å². The Bertz CT molecular complexity index is 570. The number of anilines is 1. The number of benzene rings is 1. The fourth-order valence-electron chi connectivity index (χ4n) is 2.50. The van der Waals surface area contributed by atoms with Gasteiger partial charge in [0.15, 0.2) is 0 Å². The first kappa shape index (κ1) is 12.2. The zero-order valence-electron chi connectivity index (χ0n) is 10.8. The van der Waals surface area contributed by atoms with Crippen LogP contribution in [-0.2, 0) is 4.79 Å². The maximum atomic E-state index is 12.2. The molecule has 2 heterocycles. The Hall–Kier alpha value is -1.88. The third-order valence-corrected chi connectivity index (χ3v) is 3.58. The number of amides is 1. The predicted octanol–water partition coefficient (Wildman–Crippen LogP) is 2.03. The van der Waals surface area contributed by atoms with Crippen molar-refractivity contribution in [3.8, 4) is 0 Å². The molecule has 19 heavy (non-hydrogen) atoms. The van der Waals surface area contributed by atoms with Gasteiger partial charge in [-0.25, -0.2) is 0 Å². The van der Waals surface area contributed by atoms with Crippen molar-refractivity contribution in [2.75, 3.05) is 11.9 Å². The number of aromatic nitrogens is 2. The van der Waals surface area contributed by atoms with Crippen LogP contribution >= 0.6 is 0 Å². The summed E-state index contributed by atoms with van der Waals surface area (Å²) in [4.78, 5) is 12.2. The molecule has 1 aliphatic heterocycles. The second-order valence-corrected chi connectivity index (χ2v) is 5.02. The van der Waals surface area contributed by atoms with Gasteiger partial charge in [0.2, 0.25) is 5.91 Å². The molecular weight excluding hydrogens is 240 g/mol. The van der Waals surface area contributed by atoms with Crippen LogP contribution in [0, 0.1) is 0 Å². The summed E-state index contributed by atoms with van der Waals surface area (Å²) in [5, 5.41) is 14.2.